The molecule has 0 radical (unpaired) electrons. The largest absolute Gasteiger partial charge is 0.507 e. The topological polar surface area (TPSA) is 41.9 Å². The summed E-state index contributed by atoms with van der Waals surface area (Å²) in [4.78, 5) is 2.23. The minimum atomic E-state index is 0.224. The number of methoxy groups -OCH3 is 2. The maximum atomic E-state index is 10.3. The van der Waals surface area contributed by atoms with Gasteiger partial charge in [0.25, 0.3) is 0 Å². The van der Waals surface area contributed by atoms with Gasteiger partial charge in [-0.3, -0.25) is 0 Å². The number of hydrogen-bond donors (Lipinski definition) is 1. The minimum absolute atomic E-state index is 0.224. The van der Waals surface area contributed by atoms with Crippen molar-refractivity contribution in [2.45, 2.75) is 13.8 Å². The van der Waals surface area contributed by atoms with Crippen LogP contribution in [-0.2, 0) is 0 Å². The highest BCUT2D eigenvalue weighted by atomic mass is 16.5. The summed E-state index contributed by atoms with van der Waals surface area (Å²) in [5.74, 6) is 1.49. The molecule has 0 aliphatic rings. The summed E-state index contributed by atoms with van der Waals surface area (Å²) >= 11 is 0. The van der Waals surface area contributed by atoms with E-state index >= 15 is 0 Å². The van der Waals surface area contributed by atoms with Crippen molar-refractivity contribution < 1.29 is 14.6 Å². The van der Waals surface area contributed by atoms with Crippen molar-refractivity contribution in [3.8, 4) is 28.4 Å². The third kappa shape index (κ3) is 2.96. The quantitative estimate of drug-likeness (QED) is 0.878. The lowest BCUT2D eigenvalue weighted by Crippen LogP contribution is -2.21. The van der Waals surface area contributed by atoms with Crippen LogP contribution in [-0.4, -0.2) is 32.4 Å². The molecule has 4 nitrogen and oxygen atoms in total. The second-order valence-corrected chi connectivity index (χ2v) is 4.91. The zero-order valence-corrected chi connectivity index (χ0v) is 13.6. The second-order valence-electron chi connectivity index (χ2n) is 4.91. The Morgan fingerprint density at radius 2 is 1.68 bits per heavy atom. The monoisotopic (exact) mass is 301 g/mol. The van der Waals surface area contributed by atoms with Gasteiger partial charge in [-0.25, -0.2) is 0 Å². The van der Waals surface area contributed by atoms with Crippen molar-refractivity contribution in [3.05, 3.63) is 36.4 Å². The molecule has 0 saturated carbocycles. The number of phenolic OH excluding ortho intramolecular Hbond substituents is 1. The van der Waals surface area contributed by atoms with E-state index in [2.05, 4.69) is 18.7 Å². The maximum absolute atomic E-state index is 10.3. The molecule has 0 amide bonds. The van der Waals surface area contributed by atoms with E-state index in [9.17, 15) is 5.11 Å². The highest BCUT2D eigenvalue weighted by molar-refractivity contribution is 5.80. The predicted molar refractivity (Wildman–Crippen MR) is 90.2 cm³/mol. The molecule has 0 heterocycles. The molecule has 0 aliphatic carbocycles. The molecule has 22 heavy (non-hydrogen) atoms. The minimum Gasteiger partial charge on any atom is -0.507 e. The number of rotatable bonds is 6. The van der Waals surface area contributed by atoms with Gasteiger partial charge in [-0.2, -0.15) is 0 Å². The summed E-state index contributed by atoms with van der Waals surface area (Å²) in [7, 11) is 3.21. The van der Waals surface area contributed by atoms with Crippen molar-refractivity contribution in [2.24, 2.45) is 0 Å². The predicted octanol–water partition coefficient (Wildman–Crippen LogP) is 3.92. The van der Waals surface area contributed by atoms with E-state index in [1.54, 1.807) is 20.3 Å². The van der Waals surface area contributed by atoms with Crippen LogP contribution in [0.1, 0.15) is 13.8 Å². The first-order valence-corrected chi connectivity index (χ1v) is 7.45. The van der Waals surface area contributed by atoms with Crippen molar-refractivity contribution in [2.75, 3.05) is 32.2 Å². The molecule has 0 aromatic heterocycles. The Bertz CT molecular complexity index is 636. The molecule has 2 aromatic carbocycles. The van der Waals surface area contributed by atoms with Gasteiger partial charge in [0, 0.05) is 29.9 Å². The zero-order valence-electron chi connectivity index (χ0n) is 13.6. The molecule has 1 N–H and O–H groups in total. The van der Waals surface area contributed by atoms with E-state index in [0.717, 1.165) is 29.9 Å². The Morgan fingerprint density at radius 3 is 2.27 bits per heavy atom. The maximum Gasteiger partial charge on any atom is 0.168 e. The van der Waals surface area contributed by atoms with E-state index in [4.69, 9.17) is 9.47 Å². The number of benzene rings is 2. The smallest absolute Gasteiger partial charge is 0.168 e. The first-order valence-electron chi connectivity index (χ1n) is 7.45. The molecule has 0 fully saturated rings. The number of ether oxygens (including phenoxy) is 2. The number of nitrogens with zero attached hydrogens (tertiary/aromatic N) is 1. The van der Waals surface area contributed by atoms with Gasteiger partial charge in [-0.05, 0) is 38.1 Å². The number of hydrogen-bond acceptors (Lipinski definition) is 4. The average molecular weight is 301 g/mol. The van der Waals surface area contributed by atoms with Gasteiger partial charge in [0.2, 0.25) is 0 Å². The summed E-state index contributed by atoms with van der Waals surface area (Å²) < 4.78 is 10.8. The summed E-state index contributed by atoms with van der Waals surface area (Å²) in [5.41, 5.74) is 2.62. The highest BCUT2D eigenvalue weighted by Gasteiger charge is 2.16. The van der Waals surface area contributed by atoms with Crippen LogP contribution in [0.25, 0.3) is 11.1 Å². The van der Waals surface area contributed by atoms with Crippen LogP contribution in [0, 0.1) is 0 Å². The molecular formula is C18H23NO3. The Balaban J connectivity index is 2.59. The van der Waals surface area contributed by atoms with E-state index in [1.165, 1.54) is 0 Å². The number of aromatic hydroxyl groups is 1. The van der Waals surface area contributed by atoms with E-state index in [-0.39, 0.29) is 5.75 Å². The van der Waals surface area contributed by atoms with Crippen LogP contribution in [0.4, 0.5) is 5.69 Å². The van der Waals surface area contributed by atoms with Crippen molar-refractivity contribution in [1.82, 2.24) is 0 Å². The molecule has 0 spiro atoms. The number of para-hydroxylation sites is 1. The lowest BCUT2D eigenvalue weighted by atomic mass is 10.0. The SMILES string of the molecule is CCN(CC)c1ccc(O)c(-c2cccc(OC)c2OC)c1. The van der Waals surface area contributed by atoms with E-state index < -0.39 is 0 Å². The summed E-state index contributed by atoms with van der Waals surface area (Å²) in [5, 5.41) is 10.3. The second kappa shape index (κ2) is 7.07. The van der Waals surface area contributed by atoms with Gasteiger partial charge < -0.3 is 19.5 Å². The molecule has 0 atom stereocenters. The molecule has 118 valence electrons. The Labute approximate surface area is 131 Å². The normalized spacial score (nSPS) is 10.4. The lowest BCUT2D eigenvalue weighted by Gasteiger charge is -2.22. The fourth-order valence-electron chi connectivity index (χ4n) is 2.62. The Kier molecular flexibility index (Phi) is 5.15. The third-order valence-corrected chi connectivity index (χ3v) is 3.80. The van der Waals surface area contributed by atoms with Crippen LogP contribution in [0.3, 0.4) is 0 Å². The van der Waals surface area contributed by atoms with Crippen LogP contribution >= 0.6 is 0 Å². The average Bonchev–Trinajstić information content (AvgIpc) is 2.56. The number of phenols is 1. The Hall–Kier alpha value is -2.36. The summed E-state index contributed by atoms with van der Waals surface area (Å²) in [6, 6.07) is 11.3. The van der Waals surface area contributed by atoms with Crippen molar-refractivity contribution >= 4 is 5.69 Å². The fraction of sp³-hybridized carbons (Fsp3) is 0.333. The van der Waals surface area contributed by atoms with Gasteiger partial charge in [0.1, 0.15) is 5.75 Å². The standard InChI is InChI=1S/C18H23NO3/c1-5-19(6-2)13-10-11-16(20)15(12-13)14-8-7-9-17(21-3)18(14)22-4/h7-12,20H,5-6H2,1-4H3. The van der Waals surface area contributed by atoms with Crippen LogP contribution < -0.4 is 14.4 Å². The van der Waals surface area contributed by atoms with Gasteiger partial charge >= 0.3 is 0 Å². The van der Waals surface area contributed by atoms with Crippen LogP contribution in [0.15, 0.2) is 36.4 Å². The molecule has 2 rings (SSSR count). The molecule has 0 aliphatic heterocycles. The van der Waals surface area contributed by atoms with Crippen LogP contribution in [0.5, 0.6) is 17.2 Å². The van der Waals surface area contributed by atoms with Gasteiger partial charge in [-0.1, -0.05) is 12.1 Å². The molecule has 4 heteroatoms. The van der Waals surface area contributed by atoms with Gasteiger partial charge in [0.05, 0.1) is 14.2 Å². The van der Waals surface area contributed by atoms with E-state index in [1.807, 2.05) is 30.3 Å². The zero-order chi connectivity index (χ0) is 16.1. The van der Waals surface area contributed by atoms with Crippen molar-refractivity contribution in [3.63, 3.8) is 0 Å². The van der Waals surface area contributed by atoms with Crippen LogP contribution in [0.2, 0.25) is 0 Å². The number of anilines is 1. The molecule has 2 aromatic rings. The first kappa shape index (κ1) is 16.0. The van der Waals surface area contributed by atoms with Gasteiger partial charge in [0.15, 0.2) is 11.5 Å². The molecule has 0 bridgehead atoms. The van der Waals surface area contributed by atoms with Gasteiger partial charge in [-0.15, -0.1) is 0 Å². The molecular weight excluding hydrogens is 278 g/mol. The fourth-order valence-corrected chi connectivity index (χ4v) is 2.62. The Morgan fingerprint density at radius 1 is 0.955 bits per heavy atom. The highest BCUT2D eigenvalue weighted by Crippen LogP contribution is 2.42. The third-order valence-electron chi connectivity index (χ3n) is 3.80. The summed E-state index contributed by atoms with van der Waals surface area (Å²) in [6.45, 7) is 6.05. The van der Waals surface area contributed by atoms with E-state index in [0.29, 0.717) is 11.5 Å². The molecule has 0 unspecified atom stereocenters. The first-order chi connectivity index (χ1) is 10.7. The summed E-state index contributed by atoms with van der Waals surface area (Å²) in [6.07, 6.45) is 0. The molecule has 0 saturated heterocycles. The lowest BCUT2D eigenvalue weighted by molar-refractivity contribution is 0.356. The van der Waals surface area contributed by atoms with Crippen molar-refractivity contribution in [1.29, 1.82) is 0 Å².